The van der Waals surface area contributed by atoms with Gasteiger partial charge in [-0.2, -0.15) is 0 Å². The van der Waals surface area contributed by atoms with E-state index in [4.69, 9.17) is 4.74 Å². The van der Waals surface area contributed by atoms with E-state index in [0.717, 1.165) is 29.0 Å². The molecule has 0 radical (unpaired) electrons. The maximum atomic E-state index is 5.21. The highest BCUT2D eigenvalue weighted by Crippen LogP contribution is 2.21. The van der Waals surface area contributed by atoms with E-state index in [1.165, 1.54) is 5.56 Å². The number of nitrogens with zero attached hydrogens (tertiary/aromatic N) is 1. The summed E-state index contributed by atoms with van der Waals surface area (Å²) < 4.78 is 5.21. The Bertz CT molecular complexity index is 711. The summed E-state index contributed by atoms with van der Waals surface area (Å²) in [4.78, 5) is 4.60. The maximum absolute atomic E-state index is 5.21. The van der Waals surface area contributed by atoms with Crippen molar-refractivity contribution in [2.75, 3.05) is 12.4 Å². The van der Waals surface area contributed by atoms with Crippen LogP contribution in [0.1, 0.15) is 5.56 Å². The normalized spacial score (nSPS) is 10.4. The van der Waals surface area contributed by atoms with Gasteiger partial charge < -0.3 is 10.1 Å². The van der Waals surface area contributed by atoms with Gasteiger partial charge in [-0.05, 0) is 35.9 Å². The van der Waals surface area contributed by atoms with Crippen LogP contribution in [0, 0.1) is 0 Å². The second-order valence-corrected chi connectivity index (χ2v) is 4.59. The van der Waals surface area contributed by atoms with Crippen LogP contribution in [0.3, 0.4) is 0 Å². The van der Waals surface area contributed by atoms with Crippen LogP contribution in [0.25, 0.3) is 10.9 Å². The number of anilines is 1. The van der Waals surface area contributed by atoms with Crippen LogP contribution in [-0.4, -0.2) is 12.1 Å². The Morgan fingerprint density at radius 2 is 1.85 bits per heavy atom. The third-order valence-corrected chi connectivity index (χ3v) is 3.21. The number of pyridine rings is 1. The molecule has 0 atom stereocenters. The van der Waals surface area contributed by atoms with E-state index in [0.29, 0.717) is 0 Å². The number of hydrogen-bond acceptors (Lipinski definition) is 3. The summed E-state index contributed by atoms with van der Waals surface area (Å²) in [5.41, 5.74) is 2.20. The smallest absolute Gasteiger partial charge is 0.126 e. The molecule has 0 saturated carbocycles. The molecule has 0 unspecified atom stereocenters. The van der Waals surface area contributed by atoms with Crippen molar-refractivity contribution in [3.05, 3.63) is 66.2 Å². The molecule has 1 heterocycles. The largest absolute Gasteiger partial charge is 0.497 e. The molecule has 0 aliphatic heterocycles. The van der Waals surface area contributed by atoms with Gasteiger partial charge in [-0.15, -0.1) is 0 Å². The minimum Gasteiger partial charge on any atom is -0.497 e. The van der Waals surface area contributed by atoms with Crippen molar-refractivity contribution in [3.63, 3.8) is 0 Å². The van der Waals surface area contributed by atoms with Gasteiger partial charge in [0, 0.05) is 11.9 Å². The summed E-state index contributed by atoms with van der Waals surface area (Å²) >= 11 is 0. The van der Waals surface area contributed by atoms with Crippen molar-refractivity contribution in [1.82, 2.24) is 4.98 Å². The molecule has 0 amide bonds. The van der Waals surface area contributed by atoms with E-state index in [2.05, 4.69) is 28.5 Å². The van der Waals surface area contributed by atoms with Crippen molar-refractivity contribution in [2.45, 2.75) is 6.54 Å². The fourth-order valence-electron chi connectivity index (χ4n) is 2.12. The van der Waals surface area contributed by atoms with Crippen LogP contribution in [-0.2, 0) is 6.54 Å². The molecule has 20 heavy (non-hydrogen) atoms. The molecule has 1 N–H and O–H groups in total. The molecule has 0 aliphatic carbocycles. The maximum Gasteiger partial charge on any atom is 0.126 e. The topological polar surface area (TPSA) is 34.1 Å². The van der Waals surface area contributed by atoms with Crippen LogP contribution in [0.4, 0.5) is 5.82 Å². The Balaban J connectivity index is 1.79. The molecular formula is C17H16N2O. The van der Waals surface area contributed by atoms with Crippen molar-refractivity contribution in [1.29, 1.82) is 0 Å². The molecular weight excluding hydrogens is 248 g/mol. The van der Waals surface area contributed by atoms with Crippen molar-refractivity contribution < 1.29 is 4.74 Å². The summed E-state index contributed by atoms with van der Waals surface area (Å²) in [6, 6.07) is 20.2. The van der Waals surface area contributed by atoms with Gasteiger partial charge in [-0.3, -0.25) is 0 Å². The first-order valence-electron chi connectivity index (χ1n) is 6.58. The highest BCUT2D eigenvalue weighted by Gasteiger charge is 2.00. The summed E-state index contributed by atoms with van der Waals surface area (Å²) in [7, 11) is 1.67. The average molecular weight is 264 g/mol. The van der Waals surface area contributed by atoms with E-state index >= 15 is 0 Å². The van der Waals surface area contributed by atoms with E-state index < -0.39 is 0 Å². The van der Waals surface area contributed by atoms with Crippen molar-refractivity contribution in [3.8, 4) is 5.75 Å². The van der Waals surface area contributed by atoms with E-state index in [1.807, 2.05) is 42.5 Å². The molecule has 3 heteroatoms. The van der Waals surface area contributed by atoms with Gasteiger partial charge in [-0.25, -0.2) is 4.98 Å². The zero-order chi connectivity index (χ0) is 13.8. The van der Waals surface area contributed by atoms with Gasteiger partial charge in [0.05, 0.1) is 12.6 Å². The van der Waals surface area contributed by atoms with Crippen molar-refractivity contribution in [2.24, 2.45) is 0 Å². The summed E-state index contributed by atoms with van der Waals surface area (Å²) in [5.74, 6) is 1.73. The molecule has 3 rings (SSSR count). The Labute approximate surface area is 118 Å². The molecule has 100 valence electrons. The number of hydrogen-bond donors (Lipinski definition) is 1. The summed E-state index contributed by atoms with van der Waals surface area (Å²) in [6.45, 7) is 0.773. The first-order chi connectivity index (χ1) is 9.85. The van der Waals surface area contributed by atoms with Gasteiger partial charge in [0.1, 0.15) is 11.6 Å². The van der Waals surface area contributed by atoms with Gasteiger partial charge in [0.15, 0.2) is 0 Å². The molecule has 3 aromatic rings. The predicted octanol–water partition coefficient (Wildman–Crippen LogP) is 3.86. The fourth-order valence-corrected chi connectivity index (χ4v) is 2.12. The lowest BCUT2D eigenvalue weighted by Gasteiger charge is -2.07. The number of fused-ring (bicyclic) bond motifs is 1. The van der Waals surface area contributed by atoms with Crippen molar-refractivity contribution >= 4 is 16.7 Å². The monoisotopic (exact) mass is 264 g/mol. The molecule has 0 spiro atoms. The summed E-state index contributed by atoms with van der Waals surface area (Å²) in [6.07, 6.45) is 0. The van der Waals surface area contributed by atoms with Gasteiger partial charge in [0.2, 0.25) is 0 Å². The van der Waals surface area contributed by atoms with Crippen LogP contribution in [0.15, 0.2) is 60.7 Å². The third-order valence-electron chi connectivity index (χ3n) is 3.21. The van der Waals surface area contributed by atoms with Crippen LogP contribution in [0.5, 0.6) is 5.75 Å². The average Bonchev–Trinajstić information content (AvgIpc) is 2.53. The van der Waals surface area contributed by atoms with E-state index in [1.54, 1.807) is 7.11 Å². The zero-order valence-corrected chi connectivity index (χ0v) is 11.3. The Hall–Kier alpha value is -2.55. The first-order valence-corrected chi connectivity index (χ1v) is 6.58. The lowest BCUT2D eigenvalue weighted by atomic mass is 10.2. The Morgan fingerprint density at radius 3 is 2.65 bits per heavy atom. The molecule has 2 aromatic carbocycles. The van der Waals surface area contributed by atoms with Gasteiger partial charge in [0.25, 0.3) is 0 Å². The van der Waals surface area contributed by atoms with Gasteiger partial charge >= 0.3 is 0 Å². The Kier molecular flexibility index (Phi) is 3.50. The Morgan fingerprint density at radius 1 is 1.00 bits per heavy atom. The fraction of sp³-hybridized carbons (Fsp3) is 0.118. The van der Waals surface area contributed by atoms with Gasteiger partial charge in [-0.1, -0.05) is 30.3 Å². The lowest BCUT2D eigenvalue weighted by Crippen LogP contribution is -2.01. The number of benzene rings is 2. The first kappa shape index (κ1) is 12.5. The number of methoxy groups -OCH3 is 1. The van der Waals surface area contributed by atoms with E-state index in [9.17, 15) is 0 Å². The third kappa shape index (κ3) is 2.72. The standard InChI is InChI=1S/C17H16N2O/c1-20-15-8-9-16-14(11-15)7-10-17(19-16)18-12-13-5-3-2-4-6-13/h2-11H,12H2,1H3,(H,18,19). The number of rotatable bonds is 4. The lowest BCUT2D eigenvalue weighted by molar-refractivity contribution is 0.415. The highest BCUT2D eigenvalue weighted by atomic mass is 16.5. The van der Waals surface area contributed by atoms with E-state index in [-0.39, 0.29) is 0 Å². The highest BCUT2D eigenvalue weighted by molar-refractivity contribution is 5.81. The second-order valence-electron chi connectivity index (χ2n) is 4.59. The SMILES string of the molecule is COc1ccc2nc(NCc3ccccc3)ccc2c1. The van der Waals surface area contributed by atoms with Crippen LogP contribution >= 0.6 is 0 Å². The number of nitrogens with one attached hydrogen (secondary N) is 1. The molecule has 0 saturated heterocycles. The minimum atomic E-state index is 0.773. The minimum absolute atomic E-state index is 0.773. The zero-order valence-electron chi connectivity index (χ0n) is 11.3. The molecule has 1 aromatic heterocycles. The summed E-state index contributed by atoms with van der Waals surface area (Å²) in [5, 5.41) is 4.42. The predicted molar refractivity (Wildman–Crippen MR) is 82.1 cm³/mol. The number of ether oxygens (including phenoxy) is 1. The molecule has 0 aliphatic rings. The second kappa shape index (κ2) is 5.61. The number of aromatic nitrogens is 1. The van der Waals surface area contributed by atoms with Crippen LogP contribution in [0.2, 0.25) is 0 Å². The van der Waals surface area contributed by atoms with Crippen LogP contribution < -0.4 is 10.1 Å². The quantitative estimate of drug-likeness (QED) is 0.777. The molecule has 0 fully saturated rings. The molecule has 0 bridgehead atoms. The molecule has 3 nitrogen and oxygen atoms in total.